The molecule has 4 N–H and O–H groups in total. The summed E-state index contributed by atoms with van der Waals surface area (Å²) in [6.45, 7) is 10.7. The first-order chi connectivity index (χ1) is 7.21. The number of hydrogen-bond acceptors (Lipinski definition) is 1. The molecule has 0 amide bonds. The quantitative estimate of drug-likeness (QED) is 0.563. The van der Waals surface area contributed by atoms with E-state index < -0.39 is 0 Å². The molecule has 3 heteroatoms. The Morgan fingerprint density at radius 3 is 1.81 bits per heavy atom. The van der Waals surface area contributed by atoms with Gasteiger partial charge in [0, 0.05) is 0 Å². The molecule has 0 aliphatic carbocycles. The van der Waals surface area contributed by atoms with Crippen molar-refractivity contribution in [3.8, 4) is 0 Å². The van der Waals surface area contributed by atoms with Crippen LogP contribution in [0.15, 0.2) is 17.1 Å². The molecule has 3 nitrogen and oxygen atoms in total. The summed E-state index contributed by atoms with van der Waals surface area (Å²) in [5.41, 5.74) is 15.4. The Labute approximate surface area is 97.6 Å². The summed E-state index contributed by atoms with van der Waals surface area (Å²) >= 11 is 0. The summed E-state index contributed by atoms with van der Waals surface area (Å²) in [7, 11) is 0. The summed E-state index contributed by atoms with van der Waals surface area (Å²) in [5, 5.41) is 0. The van der Waals surface area contributed by atoms with Crippen molar-refractivity contribution in [1.82, 2.24) is 0 Å². The van der Waals surface area contributed by atoms with Gasteiger partial charge in [0.2, 0.25) is 0 Å². The fourth-order valence-corrected chi connectivity index (χ4v) is 1.69. The van der Waals surface area contributed by atoms with Crippen LogP contribution in [0, 0.1) is 13.8 Å². The van der Waals surface area contributed by atoms with Crippen LogP contribution in [0.1, 0.15) is 37.5 Å². The number of guanidine groups is 1. The van der Waals surface area contributed by atoms with Crippen LogP contribution < -0.4 is 11.5 Å². The molecule has 88 valence electrons. The average Bonchev–Trinajstić information content (AvgIpc) is 2.09. The van der Waals surface area contributed by atoms with E-state index in [4.69, 9.17) is 11.5 Å². The van der Waals surface area contributed by atoms with Gasteiger partial charge in [-0.3, -0.25) is 0 Å². The van der Waals surface area contributed by atoms with Crippen LogP contribution in [0.4, 0.5) is 5.69 Å². The van der Waals surface area contributed by atoms with Gasteiger partial charge in [-0.05, 0) is 36.0 Å². The Morgan fingerprint density at radius 2 is 1.50 bits per heavy atom. The minimum absolute atomic E-state index is 0.106. The minimum atomic E-state index is 0.106. The van der Waals surface area contributed by atoms with Crippen LogP contribution in [-0.2, 0) is 5.41 Å². The Hall–Kier alpha value is -1.51. The lowest BCUT2D eigenvalue weighted by atomic mass is 9.85. The largest absolute Gasteiger partial charge is 0.370 e. The summed E-state index contributed by atoms with van der Waals surface area (Å²) in [6, 6.07) is 4.30. The van der Waals surface area contributed by atoms with Crippen LogP contribution in [0.3, 0.4) is 0 Å². The lowest BCUT2D eigenvalue weighted by molar-refractivity contribution is 0.589. The molecule has 1 rings (SSSR count). The van der Waals surface area contributed by atoms with Crippen LogP contribution >= 0.6 is 0 Å². The summed E-state index contributed by atoms with van der Waals surface area (Å²) in [6.07, 6.45) is 0. The van der Waals surface area contributed by atoms with Gasteiger partial charge in [-0.15, -0.1) is 0 Å². The molecule has 0 fully saturated rings. The molecule has 0 aliphatic heterocycles. The zero-order valence-corrected chi connectivity index (χ0v) is 10.8. The third-order valence-corrected chi connectivity index (χ3v) is 2.60. The molecule has 0 heterocycles. The van der Waals surface area contributed by atoms with Crippen LogP contribution in [0.25, 0.3) is 0 Å². The molecule has 0 aromatic heterocycles. The molecule has 0 radical (unpaired) electrons. The second-order valence-corrected chi connectivity index (χ2v) is 5.25. The molecule has 16 heavy (non-hydrogen) atoms. The van der Waals surface area contributed by atoms with Crippen molar-refractivity contribution in [3.05, 3.63) is 28.8 Å². The van der Waals surface area contributed by atoms with Crippen LogP contribution in [0.5, 0.6) is 0 Å². The van der Waals surface area contributed by atoms with Gasteiger partial charge in [-0.25, -0.2) is 4.99 Å². The first-order valence-electron chi connectivity index (χ1n) is 5.43. The van der Waals surface area contributed by atoms with E-state index in [-0.39, 0.29) is 11.4 Å². The molecule has 0 spiro atoms. The molecular formula is C13H21N3. The Morgan fingerprint density at radius 1 is 1.06 bits per heavy atom. The molecule has 0 saturated heterocycles. The zero-order chi connectivity index (χ0) is 12.5. The molecule has 0 unspecified atom stereocenters. The molecule has 1 aromatic rings. The predicted octanol–water partition coefficient (Wildman–Crippen LogP) is 2.51. The molecule has 0 atom stereocenters. The lowest BCUT2D eigenvalue weighted by Crippen LogP contribution is -2.22. The van der Waals surface area contributed by atoms with E-state index in [0.29, 0.717) is 0 Å². The molecule has 0 aliphatic rings. The van der Waals surface area contributed by atoms with Gasteiger partial charge >= 0.3 is 0 Å². The highest BCUT2D eigenvalue weighted by molar-refractivity contribution is 5.80. The third-order valence-electron chi connectivity index (χ3n) is 2.60. The molecular weight excluding hydrogens is 198 g/mol. The average molecular weight is 219 g/mol. The van der Waals surface area contributed by atoms with Crippen molar-refractivity contribution in [2.24, 2.45) is 16.5 Å². The number of nitrogens with two attached hydrogens (primary N) is 2. The molecule has 0 saturated carbocycles. The third kappa shape index (κ3) is 2.75. The van der Waals surface area contributed by atoms with Crippen molar-refractivity contribution in [2.45, 2.75) is 40.0 Å². The molecule has 1 aromatic carbocycles. The van der Waals surface area contributed by atoms with E-state index in [1.165, 1.54) is 5.56 Å². The number of aliphatic imine (C=N–C) groups is 1. The van der Waals surface area contributed by atoms with Gasteiger partial charge in [-0.1, -0.05) is 32.9 Å². The topological polar surface area (TPSA) is 64.4 Å². The van der Waals surface area contributed by atoms with Crippen LogP contribution in [0.2, 0.25) is 0 Å². The highest BCUT2D eigenvalue weighted by Crippen LogP contribution is 2.30. The van der Waals surface area contributed by atoms with E-state index in [2.05, 4.69) is 37.9 Å². The summed E-state index contributed by atoms with van der Waals surface area (Å²) < 4.78 is 0. The van der Waals surface area contributed by atoms with E-state index in [0.717, 1.165) is 16.8 Å². The number of nitrogens with zero attached hydrogens (tertiary/aromatic N) is 1. The number of hydrogen-bond donors (Lipinski definition) is 2. The smallest absolute Gasteiger partial charge is 0.191 e. The number of rotatable bonds is 1. The maximum atomic E-state index is 5.41. The standard InChI is InChI=1S/C13H21N3/c1-8-6-10(13(3,4)5)7-9(2)11(8)16-12(14)15/h6-7H,1-5H3,(H4,14,15,16). The van der Waals surface area contributed by atoms with Crippen molar-refractivity contribution in [2.75, 3.05) is 0 Å². The van der Waals surface area contributed by atoms with Crippen LogP contribution in [-0.4, -0.2) is 5.96 Å². The monoisotopic (exact) mass is 219 g/mol. The predicted molar refractivity (Wildman–Crippen MR) is 70.1 cm³/mol. The van der Waals surface area contributed by atoms with E-state index >= 15 is 0 Å². The number of benzene rings is 1. The fourth-order valence-electron chi connectivity index (χ4n) is 1.69. The normalized spacial score (nSPS) is 11.3. The second-order valence-electron chi connectivity index (χ2n) is 5.25. The van der Waals surface area contributed by atoms with Crippen molar-refractivity contribution in [1.29, 1.82) is 0 Å². The second kappa shape index (κ2) is 4.16. The highest BCUT2D eigenvalue weighted by atomic mass is 15.0. The Bertz CT molecular complexity index is 398. The van der Waals surface area contributed by atoms with Crippen molar-refractivity contribution in [3.63, 3.8) is 0 Å². The van der Waals surface area contributed by atoms with Gasteiger partial charge < -0.3 is 11.5 Å². The summed E-state index contributed by atoms with van der Waals surface area (Å²) in [4.78, 5) is 4.15. The first-order valence-corrected chi connectivity index (χ1v) is 5.43. The fraction of sp³-hybridized carbons (Fsp3) is 0.462. The first kappa shape index (κ1) is 12.6. The van der Waals surface area contributed by atoms with E-state index in [1.54, 1.807) is 0 Å². The van der Waals surface area contributed by atoms with Gasteiger partial charge in [0.1, 0.15) is 0 Å². The maximum Gasteiger partial charge on any atom is 0.191 e. The minimum Gasteiger partial charge on any atom is -0.370 e. The maximum absolute atomic E-state index is 5.41. The summed E-state index contributed by atoms with van der Waals surface area (Å²) in [5.74, 6) is 0.106. The zero-order valence-electron chi connectivity index (χ0n) is 10.8. The highest BCUT2D eigenvalue weighted by Gasteiger charge is 2.16. The van der Waals surface area contributed by atoms with E-state index in [1.807, 2.05) is 13.8 Å². The van der Waals surface area contributed by atoms with Gasteiger partial charge in [-0.2, -0.15) is 0 Å². The van der Waals surface area contributed by atoms with Gasteiger partial charge in [0.15, 0.2) is 5.96 Å². The SMILES string of the molecule is Cc1cc(C(C)(C)C)cc(C)c1N=C(N)N. The van der Waals surface area contributed by atoms with Crippen molar-refractivity contribution >= 4 is 11.6 Å². The van der Waals surface area contributed by atoms with Gasteiger partial charge in [0.05, 0.1) is 5.69 Å². The number of aryl methyl sites for hydroxylation is 2. The van der Waals surface area contributed by atoms with E-state index in [9.17, 15) is 0 Å². The Balaban J connectivity index is 3.34. The Kier molecular flexibility index (Phi) is 3.27. The van der Waals surface area contributed by atoms with Gasteiger partial charge in [0.25, 0.3) is 0 Å². The lowest BCUT2D eigenvalue weighted by Gasteiger charge is -2.21. The van der Waals surface area contributed by atoms with Crippen molar-refractivity contribution < 1.29 is 0 Å². The molecule has 0 bridgehead atoms.